The molecular weight excluding hydrogens is 248 g/mol. The van der Waals surface area contributed by atoms with E-state index in [1.807, 2.05) is 36.3 Å². The number of rotatable bonds is 6. The van der Waals surface area contributed by atoms with Gasteiger partial charge in [-0.2, -0.15) is 5.10 Å². The molecule has 0 aliphatic heterocycles. The van der Waals surface area contributed by atoms with Crippen LogP contribution in [-0.4, -0.2) is 39.6 Å². The van der Waals surface area contributed by atoms with Crippen molar-refractivity contribution in [2.45, 2.75) is 11.7 Å². The molecule has 0 aliphatic rings. The van der Waals surface area contributed by atoms with Gasteiger partial charge in [0.2, 0.25) is 0 Å². The SMILES string of the molecule is CNc1cc(NCCn2cccn2)nc(SC)n1. The zero-order valence-electron chi connectivity index (χ0n) is 10.4. The Morgan fingerprint density at radius 2 is 2.17 bits per heavy atom. The maximum Gasteiger partial charge on any atom is 0.191 e. The van der Waals surface area contributed by atoms with Crippen LogP contribution in [0.25, 0.3) is 0 Å². The molecule has 0 saturated carbocycles. The number of nitrogens with one attached hydrogen (secondary N) is 2. The first-order valence-corrected chi connectivity index (χ1v) is 6.86. The van der Waals surface area contributed by atoms with E-state index >= 15 is 0 Å². The zero-order valence-corrected chi connectivity index (χ0v) is 11.2. The predicted octanol–water partition coefficient (Wildman–Crippen LogP) is 1.55. The topological polar surface area (TPSA) is 67.7 Å². The molecule has 0 fully saturated rings. The lowest BCUT2D eigenvalue weighted by Gasteiger charge is -2.08. The molecule has 2 heterocycles. The second-order valence-electron chi connectivity index (χ2n) is 3.57. The van der Waals surface area contributed by atoms with Gasteiger partial charge in [0.25, 0.3) is 0 Å². The van der Waals surface area contributed by atoms with Crippen LogP contribution in [0.15, 0.2) is 29.7 Å². The summed E-state index contributed by atoms with van der Waals surface area (Å²) in [7, 11) is 1.85. The van der Waals surface area contributed by atoms with Gasteiger partial charge in [0.15, 0.2) is 5.16 Å². The molecule has 0 saturated heterocycles. The van der Waals surface area contributed by atoms with E-state index in [1.165, 1.54) is 11.8 Å². The minimum atomic E-state index is 0.753. The summed E-state index contributed by atoms with van der Waals surface area (Å²) in [4.78, 5) is 8.70. The molecular formula is C11H16N6S. The highest BCUT2D eigenvalue weighted by molar-refractivity contribution is 7.98. The van der Waals surface area contributed by atoms with Gasteiger partial charge in [-0.15, -0.1) is 0 Å². The minimum Gasteiger partial charge on any atom is -0.373 e. The van der Waals surface area contributed by atoms with E-state index < -0.39 is 0 Å². The van der Waals surface area contributed by atoms with Crippen LogP contribution in [0.3, 0.4) is 0 Å². The molecule has 0 atom stereocenters. The largest absolute Gasteiger partial charge is 0.373 e. The Morgan fingerprint density at radius 1 is 1.33 bits per heavy atom. The molecule has 18 heavy (non-hydrogen) atoms. The number of aromatic nitrogens is 4. The van der Waals surface area contributed by atoms with Gasteiger partial charge >= 0.3 is 0 Å². The lowest BCUT2D eigenvalue weighted by atomic mass is 10.5. The molecule has 2 rings (SSSR count). The third-order valence-electron chi connectivity index (χ3n) is 2.35. The average molecular weight is 264 g/mol. The van der Waals surface area contributed by atoms with Gasteiger partial charge in [-0.3, -0.25) is 4.68 Å². The van der Waals surface area contributed by atoms with E-state index in [-0.39, 0.29) is 0 Å². The molecule has 7 heteroatoms. The quantitative estimate of drug-likeness (QED) is 0.609. The van der Waals surface area contributed by atoms with Crippen LogP contribution in [0, 0.1) is 0 Å². The van der Waals surface area contributed by atoms with Crippen LogP contribution in [-0.2, 0) is 6.54 Å². The van der Waals surface area contributed by atoms with E-state index in [2.05, 4.69) is 25.7 Å². The fourth-order valence-corrected chi connectivity index (χ4v) is 1.85. The first-order valence-electron chi connectivity index (χ1n) is 5.64. The van der Waals surface area contributed by atoms with Crippen molar-refractivity contribution in [2.24, 2.45) is 0 Å². The summed E-state index contributed by atoms with van der Waals surface area (Å²) in [5.41, 5.74) is 0. The van der Waals surface area contributed by atoms with E-state index in [0.717, 1.165) is 29.9 Å². The van der Waals surface area contributed by atoms with Crippen molar-refractivity contribution in [3.63, 3.8) is 0 Å². The van der Waals surface area contributed by atoms with E-state index in [9.17, 15) is 0 Å². The van der Waals surface area contributed by atoms with E-state index in [0.29, 0.717) is 0 Å². The molecule has 2 aromatic rings. The molecule has 6 nitrogen and oxygen atoms in total. The number of thioether (sulfide) groups is 1. The number of nitrogens with zero attached hydrogens (tertiary/aromatic N) is 4. The summed E-state index contributed by atoms with van der Waals surface area (Å²) >= 11 is 1.52. The molecule has 0 radical (unpaired) electrons. The standard InChI is InChI=1S/C11H16N6S/c1-12-9-8-10(16-11(15-9)18-2)13-5-7-17-6-3-4-14-17/h3-4,6,8H,5,7H2,1-2H3,(H2,12,13,15,16). The van der Waals surface area contributed by atoms with Gasteiger partial charge in [0.05, 0.1) is 6.54 Å². The number of hydrogen-bond donors (Lipinski definition) is 2. The Labute approximate surface area is 110 Å². The van der Waals surface area contributed by atoms with Crippen LogP contribution in [0.4, 0.5) is 11.6 Å². The molecule has 0 amide bonds. The molecule has 0 spiro atoms. The van der Waals surface area contributed by atoms with Crippen LogP contribution >= 0.6 is 11.8 Å². The van der Waals surface area contributed by atoms with Crippen molar-refractivity contribution in [2.75, 3.05) is 30.5 Å². The van der Waals surface area contributed by atoms with Crippen molar-refractivity contribution in [3.8, 4) is 0 Å². The van der Waals surface area contributed by atoms with Crippen LogP contribution in [0.1, 0.15) is 0 Å². The Morgan fingerprint density at radius 3 is 2.83 bits per heavy atom. The maximum absolute atomic E-state index is 4.39. The average Bonchev–Trinajstić information content (AvgIpc) is 2.91. The lowest BCUT2D eigenvalue weighted by molar-refractivity contribution is 0.636. The molecule has 0 bridgehead atoms. The zero-order chi connectivity index (χ0) is 12.8. The van der Waals surface area contributed by atoms with Crippen molar-refractivity contribution < 1.29 is 0 Å². The van der Waals surface area contributed by atoms with Gasteiger partial charge in [-0.05, 0) is 12.3 Å². The molecule has 96 valence electrons. The number of hydrogen-bond acceptors (Lipinski definition) is 6. The summed E-state index contributed by atoms with van der Waals surface area (Å²) in [5.74, 6) is 1.64. The van der Waals surface area contributed by atoms with Gasteiger partial charge in [0.1, 0.15) is 11.6 Å². The fourth-order valence-electron chi connectivity index (χ4n) is 1.47. The third kappa shape index (κ3) is 3.36. The maximum atomic E-state index is 4.39. The van der Waals surface area contributed by atoms with Gasteiger partial charge in [-0.1, -0.05) is 11.8 Å². The summed E-state index contributed by atoms with van der Waals surface area (Å²) in [6, 6.07) is 3.80. The van der Waals surface area contributed by atoms with Crippen molar-refractivity contribution in [3.05, 3.63) is 24.5 Å². The summed E-state index contributed by atoms with van der Waals surface area (Å²) < 4.78 is 1.88. The molecule has 2 N–H and O–H groups in total. The molecule has 0 aliphatic carbocycles. The van der Waals surface area contributed by atoms with Crippen molar-refractivity contribution in [1.29, 1.82) is 0 Å². The Kier molecular flexibility index (Phi) is 4.40. The monoisotopic (exact) mass is 264 g/mol. The highest BCUT2D eigenvalue weighted by Gasteiger charge is 2.02. The molecule has 0 aromatic carbocycles. The normalized spacial score (nSPS) is 10.3. The summed E-state index contributed by atoms with van der Waals surface area (Å²) in [6.45, 7) is 1.58. The van der Waals surface area contributed by atoms with Gasteiger partial charge in [0, 0.05) is 32.1 Å². The Hall–Kier alpha value is -1.76. The molecule has 0 unspecified atom stereocenters. The highest BCUT2D eigenvalue weighted by atomic mass is 32.2. The van der Waals surface area contributed by atoms with Crippen molar-refractivity contribution >= 4 is 23.4 Å². The van der Waals surface area contributed by atoms with E-state index in [1.54, 1.807) is 6.20 Å². The lowest BCUT2D eigenvalue weighted by Crippen LogP contribution is -2.12. The third-order valence-corrected chi connectivity index (χ3v) is 2.90. The van der Waals surface area contributed by atoms with Gasteiger partial charge < -0.3 is 10.6 Å². The van der Waals surface area contributed by atoms with Crippen LogP contribution in [0.2, 0.25) is 0 Å². The fraction of sp³-hybridized carbons (Fsp3) is 0.364. The van der Waals surface area contributed by atoms with Crippen molar-refractivity contribution in [1.82, 2.24) is 19.7 Å². The highest BCUT2D eigenvalue weighted by Crippen LogP contribution is 2.16. The summed E-state index contributed by atoms with van der Waals surface area (Å²) in [5, 5.41) is 11.2. The second-order valence-corrected chi connectivity index (χ2v) is 4.34. The Bertz CT molecular complexity index is 462. The minimum absolute atomic E-state index is 0.753. The van der Waals surface area contributed by atoms with Crippen LogP contribution in [0.5, 0.6) is 0 Å². The summed E-state index contributed by atoms with van der Waals surface area (Å²) in [6.07, 6.45) is 5.67. The smallest absolute Gasteiger partial charge is 0.191 e. The number of anilines is 2. The van der Waals surface area contributed by atoms with Crippen LogP contribution < -0.4 is 10.6 Å². The molecule has 2 aromatic heterocycles. The first kappa shape index (κ1) is 12.7. The predicted molar refractivity (Wildman–Crippen MR) is 74.1 cm³/mol. The Balaban J connectivity index is 1.95. The van der Waals surface area contributed by atoms with Gasteiger partial charge in [-0.25, -0.2) is 9.97 Å². The first-order chi connectivity index (χ1) is 8.81. The van der Waals surface area contributed by atoms with E-state index in [4.69, 9.17) is 0 Å². The second kappa shape index (κ2) is 6.25.